The summed E-state index contributed by atoms with van der Waals surface area (Å²) in [6, 6.07) is 14.7. The molecule has 1 aromatic heterocycles. The van der Waals surface area contributed by atoms with E-state index in [1.54, 1.807) is 44.2 Å². The molecule has 2 atom stereocenters. The highest BCUT2D eigenvalue weighted by atomic mass is 16.6. The van der Waals surface area contributed by atoms with Crippen molar-refractivity contribution in [3.63, 3.8) is 0 Å². The maximum atomic E-state index is 13.5. The molecule has 0 aliphatic carbocycles. The van der Waals surface area contributed by atoms with Gasteiger partial charge in [-0.05, 0) is 43.7 Å². The van der Waals surface area contributed by atoms with Crippen LogP contribution in [0.3, 0.4) is 0 Å². The Morgan fingerprint density at radius 1 is 0.935 bits per heavy atom. The van der Waals surface area contributed by atoms with Crippen molar-refractivity contribution < 1.29 is 38.7 Å². The first kappa shape index (κ1) is 33.0. The molecule has 2 amide bonds. The highest BCUT2D eigenvalue weighted by molar-refractivity contribution is 6.07. The lowest BCUT2D eigenvalue weighted by Gasteiger charge is -2.31. The van der Waals surface area contributed by atoms with E-state index >= 15 is 0 Å². The van der Waals surface area contributed by atoms with Gasteiger partial charge >= 0.3 is 11.9 Å². The van der Waals surface area contributed by atoms with Gasteiger partial charge < -0.3 is 25.2 Å². The molecule has 3 aromatic rings. The van der Waals surface area contributed by atoms with E-state index < -0.39 is 40.5 Å². The Hall–Kier alpha value is -5.92. The van der Waals surface area contributed by atoms with Crippen molar-refractivity contribution in [2.45, 2.75) is 19.8 Å². The molecular formula is C32H31N5O9. The number of nitro groups is 1. The van der Waals surface area contributed by atoms with E-state index in [2.05, 4.69) is 20.6 Å². The highest BCUT2D eigenvalue weighted by Gasteiger charge is 2.43. The van der Waals surface area contributed by atoms with Gasteiger partial charge in [0.1, 0.15) is 24.9 Å². The van der Waals surface area contributed by atoms with Gasteiger partial charge in [-0.15, -0.1) is 0 Å². The van der Waals surface area contributed by atoms with Gasteiger partial charge in [-0.25, -0.2) is 4.79 Å². The molecule has 0 fully saturated rings. The van der Waals surface area contributed by atoms with E-state index in [1.165, 1.54) is 42.7 Å². The quantitative estimate of drug-likeness (QED) is 0.116. The van der Waals surface area contributed by atoms with Crippen LogP contribution in [0, 0.1) is 16.0 Å². The largest absolute Gasteiger partial charge is 0.507 e. The number of phenols is 1. The number of aromatic hydroxyl groups is 1. The van der Waals surface area contributed by atoms with Crippen molar-refractivity contribution in [1.82, 2.24) is 15.6 Å². The number of pyridine rings is 1. The lowest BCUT2D eigenvalue weighted by molar-refractivity contribution is -0.384. The molecule has 0 radical (unpaired) electrons. The van der Waals surface area contributed by atoms with Crippen molar-refractivity contribution in [3.8, 4) is 5.75 Å². The minimum atomic E-state index is -1.15. The number of non-ortho nitro benzene ring substituents is 1. The number of allylic oxidation sites excluding steroid dienone is 1. The summed E-state index contributed by atoms with van der Waals surface area (Å²) in [5, 5.41) is 26.6. The number of para-hydroxylation sites is 1. The fourth-order valence-electron chi connectivity index (χ4n) is 4.95. The Morgan fingerprint density at radius 2 is 1.65 bits per heavy atom. The van der Waals surface area contributed by atoms with Crippen molar-refractivity contribution in [2.24, 2.45) is 10.9 Å². The normalized spacial score (nSPS) is 15.7. The molecule has 1 unspecified atom stereocenters. The van der Waals surface area contributed by atoms with Crippen LogP contribution >= 0.6 is 0 Å². The van der Waals surface area contributed by atoms with Gasteiger partial charge in [0.25, 0.3) is 17.5 Å². The number of rotatable bonds is 12. The van der Waals surface area contributed by atoms with E-state index in [4.69, 9.17) is 9.47 Å². The van der Waals surface area contributed by atoms with E-state index in [1.807, 2.05) is 0 Å². The second-order valence-electron chi connectivity index (χ2n) is 10.1. The van der Waals surface area contributed by atoms with Crippen LogP contribution in [0.5, 0.6) is 5.75 Å². The SMILES string of the molecule is CC1=NC(C)=C(C(=O)OCCNC(=O)c2ccccc2O)[C@@H](c2cccc([N+](=O)[O-])c2)C1C(=O)OCCNC(=O)c1cccnc1. The fourth-order valence-corrected chi connectivity index (χ4v) is 4.95. The molecule has 46 heavy (non-hydrogen) atoms. The number of nitrogens with zero attached hydrogens (tertiary/aromatic N) is 3. The first-order valence-electron chi connectivity index (χ1n) is 14.2. The van der Waals surface area contributed by atoms with Crippen LogP contribution in [0.1, 0.15) is 46.0 Å². The van der Waals surface area contributed by atoms with E-state index in [9.17, 15) is 34.4 Å². The zero-order valence-corrected chi connectivity index (χ0v) is 25.0. The van der Waals surface area contributed by atoms with Crippen LogP contribution in [0.15, 0.2) is 89.3 Å². The maximum absolute atomic E-state index is 13.5. The van der Waals surface area contributed by atoms with Crippen LogP contribution in [0.4, 0.5) is 5.69 Å². The second-order valence-corrected chi connectivity index (χ2v) is 10.1. The third-order valence-corrected chi connectivity index (χ3v) is 7.07. The van der Waals surface area contributed by atoms with Crippen LogP contribution < -0.4 is 10.6 Å². The van der Waals surface area contributed by atoms with Crippen LogP contribution in [-0.4, -0.2) is 70.8 Å². The van der Waals surface area contributed by atoms with Gasteiger partial charge in [0, 0.05) is 41.9 Å². The molecule has 14 heteroatoms. The number of carbonyl (C=O) groups excluding carboxylic acids is 4. The van der Waals surface area contributed by atoms with Gasteiger partial charge in [-0.3, -0.25) is 34.5 Å². The Bertz CT molecular complexity index is 1700. The van der Waals surface area contributed by atoms with Crippen molar-refractivity contribution >= 4 is 35.2 Å². The van der Waals surface area contributed by atoms with E-state index in [0.29, 0.717) is 11.3 Å². The molecular weight excluding hydrogens is 598 g/mol. The summed E-state index contributed by atoms with van der Waals surface area (Å²) in [5.41, 5.74) is 0.957. The smallest absolute Gasteiger partial charge is 0.336 e. The number of hydrogen-bond donors (Lipinski definition) is 3. The zero-order chi connectivity index (χ0) is 33.2. The fraction of sp³-hybridized carbons (Fsp3) is 0.250. The van der Waals surface area contributed by atoms with E-state index in [-0.39, 0.29) is 60.1 Å². The number of hydrogen-bond acceptors (Lipinski definition) is 11. The van der Waals surface area contributed by atoms with Crippen LogP contribution in [0.2, 0.25) is 0 Å². The average molecular weight is 630 g/mol. The lowest BCUT2D eigenvalue weighted by Crippen LogP contribution is -2.38. The van der Waals surface area contributed by atoms with Crippen molar-refractivity contribution in [3.05, 3.63) is 111 Å². The molecule has 0 bridgehead atoms. The van der Waals surface area contributed by atoms with Gasteiger partial charge in [0.2, 0.25) is 0 Å². The van der Waals surface area contributed by atoms with Gasteiger partial charge in [-0.1, -0.05) is 24.3 Å². The van der Waals surface area contributed by atoms with Crippen LogP contribution in [0.25, 0.3) is 0 Å². The number of amides is 2. The summed E-state index contributed by atoms with van der Waals surface area (Å²) in [5.74, 6) is -5.00. The molecule has 14 nitrogen and oxygen atoms in total. The van der Waals surface area contributed by atoms with Crippen molar-refractivity contribution in [1.29, 1.82) is 0 Å². The predicted molar refractivity (Wildman–Crippen MR) is 164 cm³/mol. The maximum Gasteiger partial charge on any atom is 0.336 e. The van der Waals surface area contributed by atoms with Gasteiger partial charge in [0.15, 0.2) is 0 Å². The van der Waals surface area contributed by atoms with Gasteiger partial charge in [-0.2, -0.15) is 0 Å². The van der Waals surface area contributed by atoms with Crippen LogP contribution in [-0.2, 0) is 19.1 Å². The Kier molecular flexibility index (Phi) is 10.9. The summed E-state index contributed by atoms with van der Waals surface area (Å²) >= 11 is 0. The zero-order valence-electron chi connectivity index (χ0n) is 25.0. The number of carbonyl (C=O) groups is 4. The number of benzene rings is 2. The van der Waals surface area contributed by atoms with Crippen molar-refractivity contribution in [2.75, 3.05) is 26.3 Å². The molecule has 238 valence electrons. The predicted octanol–water partition coefficient (Wildman–Crippen LogP) is 3.09. The standard InChI is InChI=1S/C32H31N5O9/c1-19-26(31(41)45-15-13-34-29(39)22-8-6-12-33-18-22)28(21-7-5-9-23(17-21)37(43)44)27(20(2)36-19)32(42)46-16-14-35-30(40)24-10-3-4-11-25(24)38/h3-12,17-18,26,28,38H,13-16H2,1-2H3,(H,34,39)(H,35,40)/t26?,28-/m0/s1. The summed E-state index contributed by atoms with van der Waals surface area (Å²) in [6.07, 6.45) is 2.92. The van der Waals surface area contributed by atoms with Gasteiger partial charge in [0.05, 0.1) is 34.7 Å². The molecule has 0 saturated heterocycles. The number of aromatic nitrogens is 1. The average Bonchev–Trinajstić information content (AvgIpc) is 3.05. The first-order valence-corrected chi connectivity index (χ1v) is 14.2. The summed E-state index contributed by atoms with van der Waals surface area (Å²) < 4.78 is 10.9. The molecule has 1 aliphatic heterocycles. The summed E-state index contributed by atoms with van der Waals surface area (Å²) in [4.78, 5) is 71.0. The number of ether oxygens (including phenoxy) is 2. The first-order chi connectivity index (χ1) is 22.1. The molecule has 0 spiro atoms. The highest BCUT2D eigenvalue weighted by Crippen LogP contribution is 2.41. The molecule has 2 heterocycles. The Labute approximate surface area is 263 Å². The number of nitrogens with one attached hydrogen (secondary N) is 2. The number of aliphatic imine (C=N–C) groups is 1. The molecule has 1 aliphatic rings. The monoisotopic (exact) mass is 629 g/mol. The lowest BCUT2D eigenvalue weighted by atomic mass is 9.75. The Balaban J connectivity index is 1.49. The number of esters is 2. The van der Waals surface area contributed by atoms with E-state index in [0.717, 1.165) is 0 Å². The summed E-state index contributed by atoms with van der Waals surface area (Å²) in [7, 11) is 0. The minimum Gasteiger partial charge on any atom is -0.507 e. The Morgan fingerprint density at radius 3 is 2.35 bits per heavy atom. The topological polar surface area (TPSA) is 199 Å². The molecule has 0 saturated carbocycles. The number of phenolic OH excluding ortho intramolecular Hbond substituents is 1. The molecule has 4 rings (SSSR count). The second kappa shape index (κ2) is 15.2. The third-order valence-electron chi connectivity index (χ3n) is 7.07. The minimum absolute atomic E-state index is 0.00930. The number of nitro benzene ring substituents is 1. The molecule has 3 N–H and O–H groups in total. The molecule has 2 aromatic carbocycles. The third kappa shape index (κ3) is 7.96. The summed E-state index contributed by atoms with van der Waals surface area (Å²) in [6.45, 7) is 2.58.